The SMILES string of the molecule is O=C(O)CN(CC(=O)N(CCO)CCO)[C@@H]1CCCC[C@H]1N(CC(=O)O)CC(=O)N(CCO)CCO.OCCNCCO. The molecule has 0 saturated heterocycles. The zero-order chi connectivity index (χ0) is 32.6. The summed E-state index contributed by atoms with van der Waals surface area (Å²) in [5.41, 5.74) is 0. The fraction of sp³-hybridized carbons (Fsp3) is 0.846. The Morgan fingerprint density at radius 1 is 0.535 bits per heavy atom. The normalized spacial score (nSPS) is 16.5. The van der Waals surface area contributed by atoms with Gasteiger partial charge >= 0.3 is 11.9 Å². The summed E-state index contributed by atoms with van der Waals surface area (Å²) in [5.74, 6) is -3.33. The van der Waals surface area contributed by atoms with Crippen LogP contribution in [0.2, 0.25) is 0 Å². The zero-order valence-electron chi connectivity index (χ0n) is 24.8. The number of hydrogen-bond donors (Lipinski definition) is 9. The van der Waals surface area contributed by atoms with Crippen molar-refractivity contribution in [2.24, 2.45) is 0 Å². The van der Waals surface area contributed by atoms with Crippen molar-refractivity contribution < 1.29 is 60.0 Å². The highest BCUT2D eigenvalue weighted by Crippen LogP contribution is 2.28. The lowest BCUT2D eigenvalue weighted by atomic mass is 9.87. The number of carboxylic acid groups (broad SMARTS) is 2. The van der Waals surface area contributed by atoms with E-state index in [1.807, 2.05) is 0 Å². The smallest absolute Gasteiger partial charge is 0.317 e. The number of amides is 2. The molecule has 17 nitrogen and oxygen atoms in total. The van der Waals surface area contributed by atoms with Crippen LogP contribution in [-0.2, 0) is 19.2 Å². The molecule has 17 heteroatoms. The maximum atomic E-state index is 12.9. The fourth-order valence-corrected chi connectivity index (χ4v) is 4.91. The molecule has 0 aliphatic heterocycles. The molecule has 0 spiro atoms. The van der Waals surface area contributed by atoms with E-state index in [0.717, 1.165) is 12.8 Å². The third kappa shape index (κ3) is 17.4. The highest BCUT2D eigenvalue weighted by molar-refractivity contribution is 5.80. The Labute approximate surface area is 251 Å². The summed E-state index contributed by atoms with van der Waals surface area (Å²) in [5, 5.41) is 75.0. The number of aliphatic carboxylic acids is 2. The van der Waals surface area contributed by atoms with Gasteiger partial charge in [-0.3, -0.25) is 29.0 Å². The van der Waals surface area contributed by atoms with E-state index in [1.54, 1.807) is 0 Å². The first-order valence-corrected chi connectivity index (χ1v) is 14.4. The van der Waals surface area contributed by atoms with Gasteiger partial charge in [-0.2, -0.15) is 0 Å². The van der Waals surface area contributed by atoms with Gasteiger partial charge in [0.15, 0.2) is 0 Å². The van der Waals surface area contributed by atoms with Crippen molar-refractivity contribution in [3.05, 3.63) is 0 Å². The van der Waals surface area contributed by atoms with Crippen molar-refractivity contribution >= 4 is 23.8 Å². The summed E-state index contributed by atoms with van der Waals surface area (Å²) >= 11 is 0. The van der Waals surface area contributed by atoms with Gasteiger partial charge in [0.2, 0.25) is 11.8 Å². The van der Waals surface area contributed by atoms with Crippen LogP contribution in [0.25, 0.3) is 0 Å². The lowest BCUT2D eigenvalue weighted by Crippen LogP contribution is -2.59. The summed E-state index contributed by atoms with van der Waals surface area (Å²) < 4.78 is 0. The third-order valence-corrected chi connectivity index (χ3v) is 6.75. The predicted octanol–water partition coefficient (Wildman–Crippen LogP) is -4.74. The number of carbonyl (C=O) groups excluding carboxylic acids is 2. The Bertz CT molecular complexity index is 720. The van der Waals surface area contributed by atoms with Gasteiger partial charge in [0, 0.05) is 51.4 Å². The quantitative estimate of drug-likeness (QED) is 0.0512. The number of aliphatic hydroxyl groups excluding tert-OH is 6. The molecule has 0 unspecified atom stereocenters. The minimum absolute atomic E-state index is 0.0282. The van der Waals surface area contributed by atoms with Crippen LogP contribution in [-0.4, -0.2) is 201 Å². The summed E-state index contributed by atoms with van der Waals surface area (Å²) in [6, 6.07) is -1.08. The van der Waals surface area contributed by atoms with Crippen molar-refractivity contribution in [2.75, 3.05) is 105 Å². The van der Waals surface area contributed by atoms with Gasteiger partial charge in [0.05, 0.1) is 65.8 Å². The highest BCUT2D eigenvalue weighted by Gasteiger charge is 2.38. The average molecular weight is 626 g/mol. The number of carboxylic acids is 2. The third-order valence-electron chi connectivity index (χ3n) is 6.75. The van der Waals surface area contributed by atoms with E-state index in [1.165, 1.54) is 19.6 Å². The second-order valence-corrected chi connectivity index (χ2v) is 9.87. The van der Waals surface area contributed by atoms with Gasteiger partial charge in [-0.1, -0.05) is 12.8 Å². The first-order valence-electron chi connectivity index (χ1n) is 14.4. The molecule has 0 aromatic rings. The van der Waals surface area contributed by atoms with Crippen molar-refractivity contribution in [1.82, 2.24) is 24.9 Å². The van der Waals surface area contributed by atoms with Crippen LogP contribution in [0.15, 0.2) is 0 Å². The van der Waals surface area contributed by atoms with Crippen molar-refractivity contribution in [2.45, 2.75) is 37.8 Å². The maximum absolute atomic E-state index is 12.9. The zero-order valence-corrected chi connectivity index (χ0v) is 24.8. The Kier molecular flexibility index (Phi) is 23.5. The van der Waals surface area contributed by atoms with Crippen molar-refractivity contribution in [3.8, 4) is 0 Å². The molecule has 1 rings (SSSR count). The molecule has 43 heavy (non-hydrogen) atoms. The van der Waals surface area contributed by atoms with Crippen molar-refractivity contribution in [3.63, 3.8) is 0 Å². The Morgan fingerprint density at radius 2 is 0.860 bits per heavy atom. The van der Waals surface area contributed by atoms with E-state index in [4.69, 9.17) is 10.2 Å². The molecule has 0 heterocycles. The number of nitrogens with one attached hydrogen (secondary N) is 1. The second kappa shape index (κ2) is 24.9. The molecule has 1 aliphatic carbocycles. The van der Waals surface area contributed by atoms with Crippen LogP contribution >= 0.6 is 0 Å². The van der Waals surface area contributed by atoms with Gasteiger partial charge in [-0.25, -0.2) is 0 Å². The van der Waals surface area contributed by atoms with E-state index >= 15 is 0 Å². The molecule has 1 fully saturated rings. The number of hydrogen-bond acceptors (Lipinski definition) is 13. The molecular formula is C26H51N5O12. The average Bonchev–Trinajstić information content (AvgIpc) is 2.96. The summed E-state index contributed by atoms with van der Waals surface area (Å²) in [6.45, 7) is -1.63. The second-order valence-electron chi connectivity index (χ2n) is 9.87. The number of aliphatic hydroxyl groups is 6. The van der Waals surface area contributed by atoms with Crippen LogP contribution in [0.3, 0.4) is 0 Å². The van der Waals surface area contributed by atoms with Crippen LogP contribution in [0, 0.1) is 0 Å². The Morgan fingerprint density at radius 3 is 1.12 bits per heavy atom. The molecular weight excluding hydrogens is 574 g/mol. The largest absolute Gasteiger partial charge is 0.480 e. The van der Waals surface area contributed by atoms with Crippen molar-refractivity contribution in [1.29, 1.82) is 0 Å². The van der Waals surface area contributed by atoms with E-state index in [-0.39, 0.29) is 78.9 Å². The lowest BCUT2D eigenvalue weighted by molar-refractivity contribution is -0.146. The van der Waals surface area contributed by atoms with E-state index in [2.05, 4.69) is 5.32 Å². The molecule has 0 aromatic heterocycles. The molecule has 0 aromatic carbocycles. The van der Waals surface area contributed by atoms with E-state index in [0.29, 0.717) is 25.9 Å². The standard InChI is InChI=1S/C22H40N4O10.C4H11NO2/c27-9-5-23(6-10-28)19(31)13-25(15-21(33)34)17-3-1-2-4-18(17)26(16-22(35)36)14-20(32)24(7-11-29)8-12-30;6-3-1-5-2-4-7/h17-18,27-30H,1-16H2,(H,33,34)(H,35,36);5-7H,1-4H2/t17-,18-;/m1./s1. The minimum Gasteiger partial charge on any atom is -0.480 e. The Balaban J connectivity index is 0.00000223. The van der Waals surface area contributed by atoms with Crippen LogP contribution in [0.1, 0.15) is 25.7 Å². The molecule has 0 bridgehead atoms. The molecule has 2 amide bonds. The minimum atomic E-state index is -1.18. The van der Waals surface area contributed by atoms with E-state index in [9.17, 15) is 49.8 Å². The van der Waals surface area contributed by atoms with Gasteiger partial charge in [0.1, 0.15) is 0 Å². The maximum Gasteiger partial charge on any atom is 0.317 e. The number of carbonyl (C=O) groups is 4. The van der Waals surface area contributed by atoms with Gasteiger partial charge in [-0.05, 0) is 12.8 Å². The van der Waals surface area contributed by atoms with Crippen LogP contribution in [0.4, 0.5) is 0 Å². The molecule has 9 N–H and O–H groups in total. The summed E-state index contributed by atoms with van der Waals surface area (Å²) in [4.78, 5) is 54.4. The lowest BCUT2D eigenvalue weighted by Gasteiger charge is -2.44. The first kappa shape index (κ1) is 40.5. The van der Waals surface area contributed by atoms with Gasteiger partial charge in [-0.15, -0.1) is 0 Å². The topological polar surface area (TPSA) is 255 Å². The number of rotatable bonds is 22. The van der Waals surface area contributed by atoms with Crippen LogP contribution < -0.4 is 5.32 Å². The van der Waals surface area contributed by atoms with Gasteiger partial charge in [0.25, 0.3) is 0 Å². The van der Waals surface area contributed by atoms with Crippen LogP contribution in [0.5, 0.6) is 0 Å². The Hall–Kier alpha value is -2.48. The molecule has 2 atom stereocenters. The fourth-order valence-electron chi connectivity index (χ4n) is 4.91. The predicted molar refractivity (Wildman–Crippen MR) is 153 cm³/mol. The molecule has 252 valence electrons. The monoisotopic (exact) mass is 625 g/mol. The van der Waals surface area contributed by atoms with Gasteiger partial charge < -0.3 is 56.0 Å². The number of nitrogens with zero attached hydrogens (tertiary/aromatic N) is 4. The first-order chi connectivity index (χ1) is 20.6. The summed E-state index contributed by atoms with van der Waals surface area (Å²) in [7, 11) is 0. The molecule has 1 aliphatic rings. The molecule has 1 saturated carbocycles. The summed E-state index contributed by atoms with van der Waals surface area (Å²) in [6.07, 6.45) is 2.40. The van der Waals surface area contributed by atoms with E-state index < -0.39 is 48.9 Å². The highest BCUT2D eigenvalue weighted by atomic mass is 16.4. The molecule has 0 radical (unpaired) electrons.